The summed E-state index contributed by atoms with van der Waals surface area (Å²) in [4.78, 5) is 15.3. The molecular formula is C25H23FN2O3. The molecule has 0 amide bonds. The number of para-hydroxylation sites is 1. The lowest BCUT2D eigenvalue weighted by Gasteiger charge is -2.27. The maximum atomic E-state index is 13.2. The largest absolute Gasteiger partial charge is 0.464 e. The molecule has 0 saturated carbocycles. The van der Waals surface area contributed by atoms with E-state index in [4.69, 9.17) is 8.94 Å². The number of rotatable bonds is 4. The van der Waals surface area contributed by atoms with Gasteiger partial charge in [0.05, 0.1) is 17.7 Å². The second-order valence-corrected chi connectivity index (χ2v) is 8.04. The summed E-state index contributed by atoms with van der Waals surface area (Å²) in [5, 5.41) is 4.82. The number of hydrogen-bond acceptors (Lipinski definition) is 5. The molecule has 5 rings (SSSR count). The Hall–Kier alpha value is -3.25. The Labute approximate surface area is 179 Å². The molecule has 0 radical (unpaired) electrons. The highest BCUT2D eigenvalue weighted by atomic mass is 19.1. The van der Waals surface area contributed by atoms with Gasteiger partial charge in [0.1, 0.15) is 17.1 Å². The van der Waals surface area contributed by atoms with Crippen molar-refractivity contribution < 1.29 is 13.3 Å². The molecule has 0 aliphatic carbocycles. The monoisotopic (exact) mass is 418 g/mol. The second-order valence-electron chi connectivity index (χ2n) is 8.04. The van der Waals surface area contributed by atoms with Crippen LogP contribution in [0, 0.1) is 5.82 Å². The number of halogens is 1. The number of aromatic nitrogens is 1. The van der Waals surface area contributed by atoms with Crippen LogP contribution in [-0.4, -0.2) is 16.6 Å². The van der Waals surface area contributed by atoms with Crippen LogP contribution >= 0.6 is 0 Å². The van der Waals surface area contributed by atoms with Crippen LogP contribution in [0.3, 0.4) is 0 Å². The van der Waals surface area contributed by atoms with Gasteiger partial charge in [0.2, 0.25) is 0 Å². The van der Waals surface area contributed by atoms with E-state index in [1.165, 1.54) is 12.1 Å². The van der Waals surface area contributed by atoms with Crippen LogP contribution in [0.25, 0.3) is 22.2 Å². The molecule has 1 aliphatic rings. The lowest BCUT2D eigenvalue weighted by atomic mass is 10.0. The molecule has 1 unspecified atom stereocenters. The van der Waals surface area contributed by atoms with Gasteiger partial charge in [0.25, 0.3) is 0 Å². The number of nitrogens with zero attached hydrogens (tertiary/aromatic N) is 2. The van der Waals surface area contributed by atoms with E-state index in [1.807, 2.05) is 18.2 Å². The van der Waals surface area contributed by atoms with Crippen molar-refractivity contribution >= 4 is 11.0 Å². The Morgan fingerprint density at radius 2 is 1.90 bits per heavy atom. The van der Waals surface area contributed by atoms with Crippen LogP contribution in [0.15, 0.2) is 74.6 Å². The van der Waals surface area contributed by atoms with E-state index in [-0.39, 0.29) is 17.3 Å². The molecule has 6 heteroatoms. The highest BCUT2D eigenvalue weighted by molar-refractivity contribution is 5.76. The minimum Gasteiger partial charge on any atom is -0.464 e. The summed E-state index contributed by atoms with van der Waals surface area (Å²) >= 11 is 0. The molecular weight excluding hydrogens is 395 g/mol. The van der Waals surface area contributed by atoms with Crippen molar-refractivity contribution in [2.75, 3.05) is 6.54 Å². The standard InChI is InChI=1S/C25H23FN2O3/c26-19-11-9-17(10-12-19)21-14-24(31-27-21)22-7-2-1-5-13-28(22)15-18-16-30-23-8-4-3-6-20(23)25(18)29/h3-4,6,8-12,14,16,22H,1-2,5,7,13,15H2. The van der Waals surface area contributed by atoms with Crippen LogP contribution in [0.2, 0.25) is 0 Å². The van der Waals surface area contributed by atoms with Crippen molar-refractivity contribution in [2.45, 2.75) is 38.3 Å². The van der Waals surface area contributed by atoms with E-state index in [1.54, 1.807) is 30.5 Å². The Balaban J connectivity index is 1.44. The summed E-state index contributed by atoms with van der Waals surface area (Å²) in [5.74, 6) is 0.489. The highest BCUT2D eigenvalue weighted by Gasteiger charge is 2.27. The summed E-state index contributed by atoms with van der Waals surface area (Å²) < 4.78 is 24.7. The lowest BCUT2D eigenvalue weighted by Crippen LogP contribution is -2.30. The minimum absolute atomic E-state index is 0.00872. The molecule has 4 aromatic rings. The van der Waals surface area contributed by atoms with Crippen molar-refractivity contribution in [2.24, 2.45) is 0 Å². The van der Waals surface area contributed by atoms with E-state index in [0.717, 1.165) is 43.6 Å². The molecule has 1 saturated heterocycles. The van der Waals surface area contributed by atoms with Crippen molar-refractivity contribution in [3.05, 3.63) is 88.2 Å². The maximum Gasteiger partial charge on any atom is 0.197 e. The Bertz CT molecular complexity index is 1250. The molecule has 1 fully saturated rings. The van der Waals surface area contributed by atoms with Gasteiger partial charge in [-0.15, -0.1) is 0 Å². The van der Waals surface area contributed by atoms with Crippen molar-refractivity contribution in [1.82, 2.24) is 10.1 Å². The molecule has 0 spiro atoms. The van der Waals surface area contributed by atoms with Crippen molar-refractivity contribution in [1.29, 1.82) is 0 Å². The molecule has 3 heterocycles. The number of benzene rings is 2. The van der Waals surface area contributed by atoms with Gasteiger partial charge in [-0.1, -0.05) is 30.1 Å². The van der Waals surface area contributed by atoms with E-state index in [9.17, 15) is 9.18 Å². The molecule has 0 bridgehead atoms. The minimum atomic E-state index is -0.281. The van der Waals surface area contributed by atoms with Crippen LogP contribution in [-0.2, 0) is 6.54 Å². The molecule has 31 heavy (non-hydrogen) atoms. The number of fused-ring (bicyclic) bond motifs is 1. The van der Waals surface area contributed by atoms with E-state index in [2.05, 4.69) is 10.1 Å². The third kappa shape index (κ3) is 4.03. The normalized spacial score (nSPS) is 17.6. The topological polar surface area (TPSA) is 59.5 Å². The maximum absolute atomic E-state index is 13.2. The summed E-state index contributed by atoms with van der Waals surface area (Å²) in [5.41, 5.74) is 2.75. The predicted octanol–water partition coefficient (Wildman–Crippen LogP) is 5.70. The first kappa shape index (κ1) is 19.7. The summed E-state index contributed by atoms with van der Waals surface area (Å²) in [7, 11) is 0. The van der Waals surface area contributed by atoms with Crippen LogP contribution in [0.1, 0.15) is 43.0 Å². The van der Waals surface area contributed by atoms with E-state index >= 15 is 0 Å². The smallest absolute Gasteiger partial charge is 0.197 e. The third-order valence-corrected chi connectivity index (χ3v) is 5.99. The SMILES string of the molecule is O=c1c(CN2CCCCCC2c2cc(-c3ccc(F)cc3)no2)coc2ccccc12. The number of likely N-dealkylation sites (tertiary alicyclic amines) is 1. The number of hydrogen-bond donors (Lipinski definition) is 0. The zero-order valence-electron chi connectivity index (χ0n) is 17.1. The van der Waals surface area contributed by atoms with Crippen LogP contribution < -0.4 is 5.43 Å². The van der Waals surface area contributed by atoms with Gasteiger partial charge in [0, 0.05) is 23.7 Å². The second kappa shape index (κ2) is 8.47. The first-order valence-electron chi connectivity index (χ1n) is 10.6. The average Bonchev–Trinajstić information content (AvgIpc) is 3.16. The Kier molecular flexibility index (Phi) is 5.38. The molecule has 1 atom stereocenters. The zero-order valence-corrected chi connectivity index (χ0v) is 17.1. The van der Waals surface area contributed by atoms with Crippen LogP contribution in [0.4, 0.5) is 4.39 Å². The molecule has 0 N–H and O–H groups in total. The lowest BCUT2D eigenvalue weighted by molar-refractivity contribution is 0.159. The van der Waals surface area contributed by atoms with Gasteiger partial charge < -0.3 is 8.94 Å². The molecule has 1 aliphatic heterocycles. The summed E-state index contributed by atoms with van der Waals surface area (Å²) in [6, 6.07) is 15.5. The van der Waals surface area contributed by atoms with Crippen molar-refractivity contribution in [3.63, 3.8) is 0 Å². The van der Waals surface area contributed by atoms with Gasteiger partial charge in [-0.25, -0.2) is 4.39 Å². The Morgan fingerprint density at radius 3 is 2.77 bits per heavy atom. The molecule has 2 aromatic heterocycles. The summed E-state index contributed by atoms with van der Waals surface area (Å²) in [6.45, 7) is 1.36. The first-order valence-corrected chi connectivity index (χ1v) is 10.6. The van der Waals surface area contributed by atoms with Crippen molar-refractivity contribution in [3.8, 4) is 11.3 Å². The zero-order chi connectivity index (χ0) is 21.2. The molecule has 5 nitrogen and oxygen atoms in total. The van der Waals surface area contributed by atoms with E-state index in [0.29, 0.717) is 28.8 Å². The fourth-order valence-electron chi connectivity index (χ4n) is 4.33. The van der Waals surface area contributed by atoms with Gasteiger partial charge in [-0.2, -0.15) is 0 Å². The predicted molar refractivity (Wildman–Crippen MR) is 116 cm³/mol. The van der Waals surface area contributed by atoms with Crippen LogP contribution in [0.5, 0.6) is 0 Å². The van der Waals surface area contributed by atoms with Gasteiger partial charge >= 0.3 is 0 Å². The fourth-order valence-corrected chi connectivity index (χ4v) is 4.33. The highest BCUT2D eigenvalue weighted by Crippen LogP contribution is 2.33. The average molecular weight is 418 g/mol. The summed E-state index contributed by atoms with van der Waals surface area (Å²) in [6.07, 6.45) is 5.79. The molecule has 2 aromatic carbocycles. The van der Waals surface area contributed by atoms with Gasteiger partial charge in [-0.05, 0) is 55.8 Å². The third-order valence-electron chi connectivity index (χ3n) is 5.99. The van der Waals surface area contributed by atoms with E-state index < -0.39 is 0 Å². The fraction of sp³-hybridized carbons (Fsp3) is 0.280. The van der Waals surface area contributed by atoms with Gasteiger partial charge in [-0.3, -0.25) is 9.69 Å². The quantitative estimate of drug-likeness (QED) is 0.425. The Morgan fingerprint density at radius 1 is 1.06 bits per heavy atom. The van der Waals surface area contributed by atoms with Gasteiger partial charge in [0.15, 0.2) is 11.2 Å². The molecule has 158 valence electrons. The first-order chi connectivity index (χ1) is 15.2.